The Morgan fingerprint density at radius 1 is 0.754 bits per heavy atom. The Labute approximate surface area is 333 Å². The summed E-state index contributed by atoms with van der Waals surface area (Å²) >= 11 is 0. The minimum absolute atomic E-state index is 0.00819. The van der Waals surface area contributed by atoms with Gasteiger partial charge < -0.3 is 42.0 Å². The maximum atomic E-state index is 13.1. The molecule has 2 amide bonds. The van der Waals surface area contributed by atoms with Crippen LogP contribution in [-0.2, 0) is 30.5 Å². The molecular weight excluding hydrogens is 734 g/mol. The lowest BCUT2D eigenvalue weighted by Gasteiger charge is -2.20. The van der Waals surface area contributed by atoms with Crippen molar-refractivity contribution in [2.75, 3.05) is 36.6 Å². The molecule has 0 saturated heterocycles. The summed E-state index contributed by atoms with van der Waals surface area (Å²) in [6.45, 7) is 0.340. The zero-order chi connectivity index (χ0) is 41.4. The molecule has 1 atom stereocenters. The van der Waals surface area contributed by atoms with E-state index in [1.807, 2.05) is 11.9 Å². The molecule has 0 saturated carbocycles. The number of benzene rings is 1. The number of carbonyl (C=O) groups is 5. The molecule has 0 radical (unpaired) electrons. The van der Waals surface area contributed by atoms with Crippen molar-refractivity contribution in [2.24, 2.45) is 0 Å². The van der Waals surface area contributed by atoms with Gasteiger partial charge in [-0.2, -0.15) is 9.97 Å². The quantitative estimate of drug-likeness (QED) is 0.0391. The molecule has 2 aromatic heterocycles. The Balaban J connectivity index is 1.29. The highest BCUT2D eigenvalue weighted by Crippen LogP contribution is 2.19. The molecule has 0 unspecified atom stereocenters. The molecule has 17 heteroatoms. The van der Waals surface area contributed by atoms with Crippen molar-refractivity contribution >= 4 is 58.3 Å². The van der Waals surface area contributed by atoms with Crippen molar-refractivity contribution in [2.45, 2.75) is 128 Å². The number of rotatable bonds is 29. The summed E-state index contributed by atoms with van der Waals surface area (Å²) in [6.07, 6.45) is 17.0. The van der Waals surface area contributed by atoms with Crippen molar-refractivity contribution in [3.8, 4) is 0 Å². The molecule has 0 aliphatic carbocycles. The highest BCUT2D eigenvalue weighted by molar-refractivity contribution is 5.98. The SMILES string of the molecule is CN(Cc1cnc2nc(N)nc(N)c2n1)c1ccc(C(=O)N[C@@H](CCC(=O)O)C(=O)NCCOC(=O)CCCCCCCCCCCCCCCCC(=O)O)cc1. The first-order chi connectivity index (χ1) is 27.4. The van der Waals surface area contributed by atoms with E-state index >= 15 is 0 Å². The van der Waals surface area contributed by atoms with Crippen molar-refractivity contribution in [1.29, 1.82) is 0 Å². The predicted molar refractivity (Wildman–Crippen MR) is 216 cm³/mol. The number of nitrogens with two attached hydrogens (primary N) is 2. The topological polar surface area (TPSA) is 266 Å². The number of nitrogens with one attached hydrogen (secondary N) is 2. The number of anilines is 3. The van der Waals surface area contributed by atoms with Crippen LogP contribution in [0.3, 0.4) is 0 Å². The second-order valence-corrected chi connectivity index (χ2v) is 14.2. The third-order valence-corrected chi connectivity index (χ3v) is 9.43. The molecule has 0 aliphatic heterocycles. The second-order valence-electron chi connectivity index (χ2n) is 14.2. The minimum atomic E-state index is -1.11. The molecule has 57 heavy (non-hydrogen) atoms. The summed E-state index contributed by atoms with van der Waals surface area (Å²) in [6, 6.07) is 5.53. The molecule has 0 bridgehead atoms. The lowest BCUT2D eigenvalue weighted by Crippen LogP contribution is -2.47. The standard InChI is InChI=1S/C40H59N9O8/c1-49(27-29-26-44-37-35(45-29)36(41)47-40(42)48-37)30-20-18-28(19-21-30)38(55)46-31(22-23-33(52)53)39(56)43-24-25-57-34(54)17-15-13-11-9-7-5-3-2-4-6-8-10-12-14-16-32(50)51/h18-21,26,31H,2-17,22-25,27H2,1H3,(H,43,56)(H,46,55)(H,50,51)(H,52,53)(H4,41,42,44,47,48)/t31-/m0/s1. The first-order valence-corrected chi connectivity index (χ1v) is 20.0. The van der Waals surface area contributed by atoms with Crippen molar-refractivity contribution in [3.05, 3.63) is 41.7 Å². The van der Waals surface area contributed by atoms with E-state index in [1.165, 1.54) is 44.9 Å². The van der Waals surface area contributed by atoms with Crippen molar-refractivity contribution < 1.29 is 38.9 Å². The Hall–Kier alpha value is -5.61. The van der Waals surface area contributed by atoms with E-state index in [1.54, 1.807) is 30.5 Å². The molecule has 17 nitrogen and oxygen atoms in total. The Morgan fingerprint density at radius 2 is 1.32 bits per heavy atom. The van der Waals surface area contributed by atoms with E-state index in [4.69, 9.17) is 21.3 Å². The molecule has 2 heterocycles. The van der Waals surface area contributed by atoms with Crippen LogP contribution in [0.1, 0.15) is 132 Å². The number of amides is 2. The molecule has 1 aromatic carbocycles. The van der Waals surface area contributed by atoms with E-state index in [-0.39, 0.29) is 55.7 Å². The van der Waals surface area contributed by atoms with Gasteiger partial charge in [-0.3, -0.25) is 24.0 Å². The largest absolute Gasteiger partial charge is 0.481 e. The number of hydrogen-bond acceptors (Lipinski definition) is 13. The smallest absolute Gasteiger partial charge is 0.305 e. The number of carboxylic acids is 2. The Kier molecular flexibility index (Phi) is 20.5. The van der Waals surface area contributed by atoms with Crippen LogP contribution in [-0.4, -0.2) is 86.1 Å². The van der Waals surface area contributed by atoms with Crippen molar-refractivity contribution in [3.63, 3.8) is 0 Å². The Morgan fingerprint density at radius 3 is 1.89 bits per heavy atom. The Bertz CT molecular complexity index is 1740. The maximum Gasteiger partial charge on any atom is 0.305 e. The number of hydrogen-bond donors (Lipinski definition) is 6. The predicted octanol–water partition coefficient (Wildman–Crippen LogP) is 5.17. The number of ether oxygens (including phenoxy) is 1. The van der Waals surface area contributed by atoms with Gasteiger partial charge in [-0.25, -0.2) is 9.97 Å². The van der Waals surface area contributed by atoms with Crippen LogP contribution in [0.5, 0.6) is 0 Å². The van der Waals surface area contributed by atoms with Gasteiger partial charge in [-0.15, -0.1) is 0 Å². The third kappa shape index (κ3) is 18.3. The van der Waals surface area contributed by atoms with E-state index < -0.39 is 29.8 Å². The van der Waals surface area contributed by atoms with E-state index in [0.717, 1.165) is 50.6 Å². The number of nitrogen functional groups attached to an aromatic ring is 2. The number of aromatic nitrogens is 4. The zero-order valence-electron chi connectivity index (χ0n) is 33.0. The van der Waals surface area contributed by atoms with Gasteiger partial charge in [0.2, 0.25) is 11.9 Å². The molecule has 0 spiro atoms. The summed E-state index contributed by atoms with van der Waals surface area (Å²) in [4.78, 5) is 78.6. The number of fused-ring (bicyclic) bond motifs is 1. The summed E-state index contributed by atoms with van der Waals surface area (Å²) in [7, 11) is 1.83. The summed E-state index contributed by atoms with van der Waals surface area (Å²) in [5.74, 6) is -3.15. The average molecular weight is 794 g/mol. The van der Waals surface area contributed by atoms with Gasteiger partial charge in [0, 0.05) is 37.6 Å². The van der Waals surface area contributed by atoms with Gasteiger partial charge in [0.05, 0.1) is 25.0 Å². The molecule has 8 N–H and O–H groups in total. The number of carbonyl (C=O) groups excluding carboxylic acids is 3. The van der Waals surface area contributed by atoms with Gasteiger partial charge in [-0.05, 0) is 43.5 Å². The fourth-order valence-electron chi connectivity index (χ4n) is 6.24. The number of carboxylic acid groups (broad SMARTS) is 2. The highest BCUT2D eigenvalue weighted by atomic mass is 16.5. The van der Waals surface area contributed by atoms with E-state index in [2.05, 4.69) is 30.6 Å². The maximum absolute atomic E-state index is 13.1. The molecule has 3 aromatic rings. The van der Waals surface area contributed by atoms with E-state index in [0.29, 0.717) is 29.8 Å². The lowest BCUT2D eigenvalue weighted by molar-refractivity contribution is -0.144. The summed E-state index contributed by atoms with van der Waals surface area (Å²) in [5.41, 5.74) is 13.8. The molecular formula is C40H59N9O8. The van der Waals surface area contributed by atoms with Crippen molar-refractivity contribution in [1.82, 2.24) is 30.6 Å². The fourth-order valence-corrected chi connectivity index (χ4v) is 6.24. The van der Waals surface area contributed by atoms with Crippen LogP contribution in [0.15, 0.2) is 30.5 Å². The van der Waals surface area contributed by atoms with Gasteiger partial charge in [-0.1, -0.05) is 77.0 Å². The van der Waals surface area contributed by atoms with Crippen LogP contribution in [0, 0.1) is 0 Å². The lowest BCUT2D eigenvalue weighted by atomic mass is 10.0. The molecule has 0 fully saturated rings. The van der Waals surface area contributed by atoms with Crippen LogP contribution in [0.2, 0.25) is 0 Å². The third-order valence-electron chi connectivity index (χ3n) is 9.43. The highest BCUT2D eigenvalue weighted by Gasteiger charge is 2.22. The normalized spacial score (nSPS) is 11.5. The van der Waals surface area contributed by atoms with Gasteiger partial charge in [0.15, 0.2) is 17.0 Å². The number of unbranched alkanes of at least 4 members (excludes halogenated alkanes) is 13. The van der Waals surface area contributed by atoms with Gasteiger partial charge in [0.25, 0.3) is 5.91 Å². The molecule has 3 rings (SSSR count). The van der Waals surface area contributed by atoms with Crippen LogP contribution < -0.4 is 27.0 Å². The van der Waals surface area contributed by atoms with E-state index in [9.17, 15) is 29.1 Å². The fraction of sp³-hybridized carbons (Fsp3) is 0.575. The van der Waals surface area contributed by atoms with Crippen LogP contribution in [0.25, 0.3) is 11.2 Å². The second kappa shape index (κ2) is 25.5. The number of aliphatic carboxylic acids is 2. The average Bonchev–Trinajstić information content (AvgIpc) is 3.17. The zero-order valence-corrected chi connectivity index (χ0v) is 33.0. The first-order valence-electron chi connectivity index (χ1n) is 20.0. The minimum Gasteiger partial charge on any atom is -0.481 e. The summed E-state index contributed by atoms with van der Waals surface area (Å²) in [5, 5.41) is 23.1. The van der Waals surface area contributed by atoms with Crippen LogP contribution in [0.4, 0.5) is 17.5 Å². The van der Waals surface area contributed by atoms with Gasteiger partial charge >= 0.3 is 17.9 Å². The summed E-state index contributed by atoms with van der Waals surface area (Å²) < 4.78 is 5.26. The number of esters is 1. The van der Waals surface area contributed by atoms with Gasteiger partial charge in [0.1, 0.15) is 12.6 Å². The molecule has 0 aliphatic rings. The molecule has 312 valence electrons. The number of nitrogens with zero attached hydrogens (tertiary/aromatic N) is 5. The first kappa shape index (κ1) is 45.8. The monoisotopic (exact) mass is 793 g/mol. The van der Waals surface area contributed by atoms with Crippen LogP contribution >= 0.6 is 0 Å².